The van der Waals surface area contributed by atoms with Crippen molar-refractivity contribution in [1.82, 2.24) is 9.62 Å². The molecule has 0 aliphatic carbocycles. The Morgan fingerprint density at radius 3 is 3.10 bits per heavy atom. The molecule has 0 bridgehead atoms. The maximum atomic E-state index is 12.9. The van der Waals surface area contributed by atoms with Gasteiger partial charge in [-0.1, -0.05) is 12.1 Å². The van der Waals surface area contributed by atoms with Gasteiger partial charge in [0.05, 0.1) is 11.5 Å². The predicted molar refractivity (Wildman–Crippen MR) is 80.6 cm³/mol. The molecule has 1 N–H and O–H groups in total. The first-order chi connectivity index (χ1) is 10.1. The van der Waals surface area contributed by atoms with Gasteiger partial charge in [0.25, 0.3) is 0 Å². The number of nitrogens with one attached hydrogen (secondary N) is 1. The molecule has 0 saturated carbocycles. The summed E-state index contributed by atoms with van der Waals surface area (Å²) in [6.45, 7) is 3.38. The van der Waals surface area contributed by atoms with Crippen LogP contribution in [0, 0.1) is 5.92 Å². The molecule has 2 aliphatic rings. The number of hydrogen-bond donors (Lipinski definition) is 1. The molecule has 0 amide bonds. The summed E-state index contributed by atoms with van der Waals surface area (Å²) in [7, 11) is -1.72. The van der Waals surface area contributed by atoms with E-state index >= 15 is 0 Å². The summed E-state index contributed by atoms with van der Waals surface area (Å²) in [5, 5.41) is 3.29. The lowest BCUT2D eigenvalue weighted by molar-refractivity contribution is 0.157. The van der Waals surface area contributed by atoms with Crippen LogP contribution in [0.15, 0.2) is 23.1 Å². The zero-order valence-electron chi connectivity index (χ0n) is 12.3. The van der Waals surface area contributed by atoms with Gasteiger partial charge in [-0.3, -0.25) is 0 Å². The summed E-state index contributed by atoms with van der Waals surface area (Å²) in [4.78, 5) is 0.500. The van der Waals surface area contributed by atoms with Crippen LogP contribution in [0.2, 0.25) is 0 Å². The highest BCUT2D eigenvalue weighted by atomic mass is 32.2. The minimum atomic E-state index is -3.38. The number of hydrogen-bond acceptors (Lipinski definition) is 4. The number of fused-ring (bicyclic) bond motifs is 1. The molecular weight excluding hydrogens is 288 g/mol. The molecule has 6 heteroatoms. The fraction of sp³-hybridized carbons (Fsp3) is 0.600. The van der Waals surface area contributed by atoms with Crippen molar-refractivity contribution < 1.29 is 13.2 Å². The fourth-order valence-electron chi connectivity index (χ4n) is 3.26. The minimum Gasteiger partial charge on any atom is -0.384 e. The predicted octanol–water partition coefficient (Wildman–Crippen LogP) is 0.989. The maximum absolute atomic E-state index is 12.9. The topological polar surface area (TPSA) is 58.6 Å². The quantitative estimate of drug-likeness (QED) is 0.901. The van der Waals surface area contributed by atoms with Crippen molar-refractivity contribution in [3.05, 3.63) is 29.3 Å². The summed E-state index contributed by atoms with van der Waals surface area (Å²) < 4.78 is 32.6. The molecule has 1 saturated heterocycles. The maximum Gasteiger partial charge on any atom is 0.243 e. The standard InChI is InChI=1S/C15H22N2O3S/c1-20-11-12-6-8-17(10-12)21(18,19)15-4-2-3-13-9-16-7-5-14(13)15/h2-4,12,16H,5-11H2,1H3. The molecule has 116 valence electrons. The molecule has 0 radical (unpaired) electrons. The Morgan fingerprint density at radius 2 is 2.29 bits per heavy atom. The van der Waals surface area contributed by atoms with Gasteiger partial charge in [0.2, 0.25) is 10.0 Å². The summed E-state index contributed by atoms with van der Waals surface area (Å²) in [5.41, 5.74) is 2.10. The average molecular weight is 310 g/mol. The molecule has 5 nitrogen and oxygen atoms in total. The largest absolute Gasteiger partial charge is 0.384 e. The number of ether oxygens (including phenoxy) is 1. The second-order valence-corrected chi connectivity index (χ2v) is 7.70. The zero-order valence-corrected chi connectivity index (χ0v) is 13.2. The average Bonchev–Trinajstić information content (AvgIpc) is 2.96. The van der Waals surface area contributed by atoms with Crippen molar-refractivity contribution >= 4 is 10.0 Å². The Kier molecular flexibility index (Phi) is 4.31. The molecule has 2 aliphatic heterocycles. The summed E-state index contributed by atoms with van der Waals surface area (Å²) >= 11 is 0. The highest BCUT2D eigenvalue weighted by molar-refractivity contribution is 7.89. The monoisotopic (exact) mass is 310 g/mol. The third-order valence-corrected chi connectivity index (χ3v) is 6.32. The van der Waals surface area contributed by atoms with Crippen LogP contribution < -0.4 is 5.32 Å². The summed E-state index contributed by atoms with van der Waals surface area (Å²) in [5.74, 6) is 0.311. The second-order valence-electron chi connectivity index (χ2n) is 5.79. The smallest absolute Gasteiger partial charge is 0.243 e. The lowest BCUT2D eigenvalue weighted by Crippen LogP contribution is -2.32. The molecule has 21 heavy (non-hydrogen) atoms. The van der Waals surface area contributed by atoms with Crippen LogP contribution in [0.3, 0.4) is 0 Å². The molecule has 1 aromatic carbocycles. The van der Waals surface area contributed by atoms with E-state index in [1.165, 1.54) is 0 Å². The van der Waals surface area contributed by atoms with E-state index < -0.39 is 10.0 Å². The van der Waals surface area contributed by atoms with Gasteiger partial charge in [-0.05, 0) is 42.5 Å². The number of benzene rings is 1. The molecule has 0 aromatic heterocycles. The van der Waals surface area contributed by atoms with Gasteiger partial charge in [0, 0.05) is 26.7 Å². The number of methoxy groups -OCH3 is 1. The van der Waals surface area contributed by atoms with Crippen LogP contribution in [0.1, 0.15) is 17.5 Å². The first-order valence-corrected chi connectivity index (χ1v) is 8.87. The molecule has 1 atom stereocenters. The molecule has 1 fully saturated rings. The van der Waals surface area contributed by atoms with Crippen molar-refractivity contribution in [2.24, 2.45) is 5.92 Å². The molecule has 1 aromatic rings. The number of nitrogens with zero attached hydrogens (tertiary/aromatic N) is 1. The normalized spacial score (nSPS) is 23.2. The van der Waals surface area contributed by atoms with Crippen LogP contribution in [0.25, 0.3) is 0 Å². The van der Waals surface area contributed by atoms with Gasteiger partial charge in [-0.25, -0.2) is 8.42 Å². The number of sulfonamides is 1. The van der Waals surface area contributed by atoms with E-state index in [4.69, 9.17) is 4.74 Å². The summed E-state index contributed by atoms with van der Waals surface area (Å²) in [6, 6.07) is 5.61. The molecule has 2 heterocycles. The highest BCUT2D eigenvalue weighted by Crippen LogP contribution is 2.29. The Hall–Kier alpha value is -0.950. The Labute approximate surface area is 126 Å². The van der Waals surface area contributed by atoms with Crippen molar-refractivity contribution in [3.8, 4) is 0 Å². The van der Waals surface area contributed by atoms with Gasteiger partial charge in [-0.2, -0.15) is 4.31 Å². The van der Waals surface area contributed by atoms with Crippen LogP contribution in [-0.2, 0) is 27.7 Å². The van der Waals surface area contributed by atoms with Crippen LogP contribution in [0.5, 0.6) is 0 Å². The van der Waals surface area contributed by atoms with E-state index in [2.05, 4.69) is 5.32 Å². The lowest BCUT2D eigenvalue weighted by atomic mass is 10.0. The van der Waals surface area contributed by atoms with Crippen molar-refractivity contribution in [1.29, 1.82) is 0 Å². The number of rotatable bonds is 4. The Morgan fingerprint density at radius 1 is 1.43 bits per heavy atom. The van der Waals surface area contributed by atoms with E-state index in [0.717, 1.165) is 37.1 Å². The molecule has 1 unspecified atom stereocenters. The third kappa shape index (κ3) is 2.85. The fourth-order valence-corrected chi connectivity index (χ4v) is 5.09. The van der Waals surface area contributed by atoms with Crippen LogP contribution in [0.4, 0.5) is 0 Å². The first kappa shape index (κ1) is 15.0. The lowest BCUT2D eigenvalue weighted by Gasteiger charge is -2.23. The Balaban J connectivity index is 1.89. The Bertz CT molecular complexity index is 615. The zero-order chi connectivity index (χ0) is 14.9. The van der Waals surface area contributed by atoms with Gasteiger partial charge in [0.1, 0.15) is 0 Å². The van der Waals surface area contributed by atoms with E-state index in [-0.39, 0.29) is 0 Å². The van der Waals surface area contributed by atoms with Gasteiger partial charge < -0.3 is 10.1 Å². The van der Waals surface area contributed by atoms with Gasteiger partial charge in [-0.15, -0.1) is 0 Å². The van der Waals surface area contributed by atoms with Crippen molar-refractivity contribution in [3.63, 3.8) is 0 Å². The van der Waals surface area contributed by atoms with E-state index in [1.807, 2.05) is 12.1 Å². The van der Waals surface area contributed by atoms with Crippen LogP contribution >= 0.6 is 0 Å². The highest BCUT2D eigenvalue weighted by Gasteiger charge is 2.34. The van der Waals surface area contributed by atoms with E-state index in [1.54, 1.807) is 17.5 Å². The second kappa shape index (κ2) is 6.04. The van der Waals surface area contributed by atoms with Gasteiger partial charge >= 0.3 is 0 Å². The minimum absolute atomic E-state index is 0.311. The van der Waals surface area contributed by atoms with Crippen LogP contribution in [-0.4, -0.2) is 46.1 Å². The first-order valence-electron chi connectivity index (χ1n) is 7.43. The SMILES string of the molecule is COCC1CCN(S(=O)(=O)c2cccc3c2CCNC3)C1. The molecule has 3 rings (SSSR count). The third-order valence-electron chi connectivity index (χ3n) is 4.37. The molecular formula is C15H22N2O3S. The van der Waals surface area contributed by atoms with Crippen molar-refractivity contribution in [2.45, 2.75) is 24.3 Å². The van der Waals surface area contributed by atoms with E-state index in [0.29, 0.717) is 30.5 Å². The van der Waals surface area contributed by atoms with E-state index in [9.17, 15) is 8.42 Å². The summed E-state index contributed by atoms with van der Waals surface area (Å²) in [6.07, 6.45) is 1.66. The van der Waals surface area contributed by atoms with Gasteiger partial charge in [0.15, 0.2) is 0 Å². The van der Waals surface area contributed by atoms with Crippen molar-refractivity contribution in [2.75, 3.05) is 33.4 Å². The molecule has 0 spiro atoms.